The van der Waals surface area contributed by atoms with E-state index in [9.17, 15) is 14.7 Å². The van der Waals surface area contributed by atoms with Crippen molar-refractivity contribution in [2.24, 2.45) is 0 Å². The van der Waals surface area contributed by atoms with E-state index in [1.807, 2.05) is 18.2 Å². The van der Waals surface area contributed by atoms with E-state index in [-0.39, 0.29) is 35.5 Å². The number of halogens is 1. The first kappa shape index (κ1) is 22.2. The average molecular weight is 502 g/mol. The SMILES string of the molecule is COc1ccc([C@@H]2CC(=O)C3=C(C2)NC(=O)C[C@@H]3c2cc(Br)c(O)c(OC)c2)cc1OC. The van der Waals surface area contributed by atoms with Crippen LogP contribution in [0, 0.1) is 0 Å². The van der Waals surface area contributed by atoms with Crippen molar-refractivity contribution in [2.75, 3.05) is 21.3 Å². The fraction of sp³-hybridized carbons (Fsp3) is 0.333. The van der Waals surface area contributed by atoms with Crippen molar-refractivity contribution >= 4 is 27.6 Å². The summed E-state index contributed by atoms with van der Waals surface area (Å²) in [5.41, 5.74) is 2.98. The molecule has 1 amide bonds. The largest absolute Gasteiger partial charge is 0.503 e. The van der Waals surface area contributed by atoms with Gasteiger partial charge in [0.1, 0.15) is 0 Å². The van der Waals surface area contributed by atoms with Crippen LogP contribution >= 0.6 is 15.9 Å². The maximum absolute atomic E-state index is 13.3. The number of nitrogens with one attached hydrogen (secondary N) is 1. The minimum absolute atomic E-state index is 0.000742. The van der Waals surface area contributed by atoms with E-state index in [0.717, 1.165) is 11.1 Å². The summed E-state index contributed by atoms with van der Waals surface area (Å²) < 4.78 is 16.4. The Bertz CT molecular complexity index is 1130. The van der Waals surface area contributed by atoms with Crippen LogP contribution in [0.25, 0.3) is 0 Å². The number of benzene rings is 2. The lowest BCUT2D eigenvalue weighted by Gasteiger charge is -2.34. The molecule has 32 heavy (non-hydrogen) atoms. The van der Waals surface area contributed by atoms with Gasteiger partial charge in [0.2, 0.25) is 5.91 Å². The van der Waals surface area contributed by atoms with Gasteiger partial charge >= 0.3 is 0 Å². The highest BCUT2D eigenvalue weighted by Crippen LogP contribution is 2.46. The second kappa shape index (κ2) is 8.86. The highest BCUT2D eigenvalue weighted by molar-refractivity contribution is 9.10. The number of ether oxygens (including phenoxy) is 3. The number of phenolic OH excluding ortho intramolecular Hbond substituents is 1. The molecule has 7 nitrogen and oxygen atoms in total. The quantitative estimate of drug-likeness (QED) is 0.637. The fourth-order valence-electron chi connectivity index (χ4n) is 4.54. The van der Waals surface area contributed by atoms with Gasteiger partial charge in [-0.2, -0.15) is 0 Å². The monoisotopic (exact) mass is 501 g/mol. The molecule has 8 heteroatoms. The smallest absolute Gasteiger partial charge is 0.225 e. The summed E-state index contributed by atoms with van der Waals surface area (Å²) in [6.45, 7) is 0. The molecule has 1 aliphatic heterocycles. The standard InChI is InChI=1S/C24H24BrNO6/c1-30-19-5-4-12(9-20(19)31-2)13-7-17-23(18(27)8-13)15(11-22(28)26-17)14-6-16(25)24(29)21(10-14)32-3/h4-6,9-10,13,15,29H,7-8,11H2,1-3H3,(H,26,28)/t13-,15+/m0/s1. The summed E-state index contributed by atoms with van der Waals surface area (Å²) in [5, 5.41) is 13.1. The van der Waals surface area contributed by atoms with Crippen molar-refractivity contribution in [3.8, 4) is 23.0 Å². The molecular weight excluding hydrogens is 478 g/mol. The van der Waals surface area contributed by atoms with E-state index in [1.165, 1.54) is 7.11 Å². The number of allylic oxidation sites excluding steroid dienone is 2. The number of Topliss-reactive ketones (excluding diaryl/α,β-unsaturated/α-hetero) is 1. The number of aromatic hydroxyl groups is 1. The van der Waals surface area contributed by atoms with Gasteiger partial charge in [-0.25, -0.2) is 0 Å². The molecule has 0 saturated carbocycles. The fourth-order valence-corrected chi connectivity index (χ4v) is 5.00. The van der Waals surface area contributed by atoms with Crippen LogP contribution in [-0.2, 0) is 9.59 Å². The summed E-state index contributed by atoms with van der Waals surface area (Å²) >= 11 is 3.33. The number of hydrogen-bond donors (Lipinski definition) is 2. The van der Waals surface area contributed by atoms with Gasteiger partial charge < -0.3 is 24.6 Å². The van der Waals surface area contributed by atoms with Crippen molar-refractivity contribution in [1.29, 1.82) is 0 Å². The topological polar surface area (TPSA) is 94.1 Å². The van der Waals surface area contributed by atoms with E-state index >= 15 is 0 Å². The Morgan fingerprint density at radius 2 is 1.59 bits per heavy atom. The van der Waals surface area contributed by atoms with E-state index < -0.39 is 5.92 Å². The minimum atomic E-state index is -0.400. The first-order valence-electron chi connectivity index (χ1n) is 10.2. The van der Waals surface area contributed by atoms with Crippen LogP contribution in [0.3, 0.4) is 0 Å². The zero-order valence-electron chi connectivity index (χ0n) is 18.0. The van der Waals surface area contributed by atoms with Crippen molar-refractivity contribution in [3.05, 3.63) is 57.2 Å². The van der Waals surface area contributed by atoms with Gasteiger partial charge in [0.25, 0.3) is 0 Å². The highest BCUT2D eigenvalue weighted by Gasteiger charge is 2.38. The number of carbonyl (C=O) groups excluding carboxylic acids is 2. The summed E-state index contributed by atoms with van der Waals surface area (Å²) in [4.78, 5) is 25.9. The van der Waals surface area contributed by atoms with Crippen molar-refractivity contribution < 1.29 is 28.9 Å². The van der Waals surface area contributed by atoms with Crippen molar-refractivity contribution in [2.45, 2.75) is 31.1 Å². The maximum atomic E-state index is 13.3. The van der Waals surface area contributed by atoms with Gasteiger partial charge in [-0.15, -0.1) is 0 Å². The second-order valence-corrected chi connectivity index (χ2v) is 8.75. The lowest BCUT2D eigenvalue weighted by molar-refractivity contribution is -0.122. The number of phenols is 1. The number of carbonyl (C=O) groups is 2. The van der Waals surface area contributed by atoms with Gasteiger partial charge in [0.05, 0.1) is 25.8 Å². The molecule has 0 radical (unpaired) electrons. The zero-order chi connectivity index (χ0) is 23.0. The first-order chi connectivity index (χ1) is 15.4. The van der Waals surface area contributed by atoms with E-state index in [4.69, 9.17) is 14.2 Å². The highest BCUT2D eigenvalue weighted by atomic mass is 79.9. The van der Waals surface area contributed by atoms with E-state index in [2.05, 4.69) is 21.2 Å². The lowest BCUT2D eigenvalue weighted by atomic mass is 9.73. The second-order valence-electron chi connectivity index (χ2n) is 7.89. The summed E-state index contributed by atoms with van der Waals surface area (Å²) in [7, 11) is 4.61. The van der Waals surface area contributed by atoms with Crippen LogP contribution in [0.5, 0.6) is 23.0 Å². The molecule has 1 heterocycles. The third-order valence-corrected chi connectivity index (χ3v) is 6.69. The number of amides is 1. The van der Waals surface area contributed by atoms with Crippen LogP contribution < -0.4 is 19.5 Å². The first-order valence-corrected chi connectivity index (χ1v) is 11.0. The van der Waals surface area contributed by atoms with Gasteiger partial charge in [-0.05, 0) is 63.7 Å². The molecule has 2 aromatic carbocycles. The molecule has 4 rings (SSSR count). The Balaban J connectivity index is 1.72. The summed E-state index contributed by atoms with van der Waals surface area (Å²) in [6, 6.07) is 9.05. The Morgan fingerprint density at radius 1 is 0.906 bits per heavy atom. The molecule has 0 fully saturated rings. The van der Waals surface area contributed by atoms with Crippen LogP contribution in [-0.4, -0.2) is 38.1 Å². The predicted octanol–water partition coefficient (Wildman–Crippen LogP) is 4.18. The van der Waals surface area contributed by atoms with E-state index in [1.54, 1.807) is 26.4 Å². The summed E-state index contributed by atoms with van der Waals surface area (Å²) in [6.07, 6.45) is 1.03. The Labute approximate surface area is 194 Å². The lowest BCUT2D eigenvalue weighted by Crippen LogP contribution is -2.38. The van der Waals surface area contributed by atoms with Crippen molar-refractivity contribution in [3.63, 3.8) is 0 Å². The zero-order valence-corrected chi connectivity index (χ0v) is 19.6. The number of rotatable bonds is 5. The van der Waals surface area contributed by atoms with E-state index in [0.29, 0.717) is 40.1 Å². The predicted molar refractivity (Wildman–Crippen MR) is 121 cm³/mol. The molecule has 0 unspecified atom stereocenters. The molecule has 0 bridgehead atoms. The van der Waals surface area contributed by atoms with Crippen LogP contribution in [0.2, 0.25) is 0 Å². The molecule has 2 atom stereocenters. The van der Waals surface area contributed by atoms with Gasteiger partial charge in [0.15, 0.2) is 28.8 Å². The molecule has 0 spiro atoms. The van der Waals surface area contributed by atoms with Crippen LogP contribution in [0.1, 0.15) is 42.2 Å². The van der Waals surface area contributed by atoms with Gasteiger partial charge in [0, 0.05) is 30.0 Å². The molecule has 1 aliphatic carbocycles. The van der Waals surface area contributed by atoms with Crippen LogP contribution in [0.15, 0.2) is 46.1 Å². The number of methoxy groups -OCH3 is 3. The summed E-state index contributed by atoms with van der Waals surface area (Å²) in [5.74, 6) is 0.865. The third kappa shape index (κ3) is 3.95. The normalized spacial score (nSPS) is 20.5. The van der Waals surface area contributed by atoms with Crippen molar-refractivity contribution in [1.82, 2.24) is 5.32 Å². The molecule has 0 aromatic heterocycles. The molecule has 168 valence electrons. The average Bonchev–Trinajstić information content (AvgIpc) is 2.79. The van der Waals surface area contributed by atoms with Crippen LogP contribution in [0.4, 0.5) is 0 Å². The molecule has 2 aromatic rings. The third-order valence-electron chi connectivity index (χ3n) is 6.09. The Hall–Kier alpha value is -3.00. The number of ketones is 1. The Kier molecular flexibility index (Phi) is 6.15. The molecular formula is C24H24BrNO6. The minimum Gasteiger partial charge on any atom is -0.503 e. The Morgan fingerprint density at radius 3 is 2.28 bits per heavy atom. The molecule has 2 aliphatic rings. The maximum Gasteiger partial charge on any atom is 0.225 e. The molecule has 2 N–H and O–H groups in total. The number of hydrogen-bond acceptors (Lipinski definition) is 6. The van der Waals surface area contributed by atoms with Gasteiger partial charge in [-0.3, -0.25) is 9.59 Å². The van der Waals surface area contributed by atoms with Gasteiger partial charge in [-0.1, -0.05) is 6.07 Å². The molecule has 0 saturated heterocycles.